The first-order valence-corrected chi connectivity index (χ1v) is 4.56. The van der Waals surface area contributed by atoms with Gasteiger partial charge in [0.15, 0.2) is 0 Å². The summed E-state index contributed by atoms with van der Waals surface area (Å²) in [6.07, 6.45) is -3.53. The monoisotopic (exact) mass is 244 g/mol. The zero-order valence-corrected chi connectivity index (χ0v) is 8.63. The molecule has 1 heterocycles. The topological polar surface area (TPSA) is 55.0 Å². The zero-order chi connectivity index (χ0) is 12.6. The number of benzene rings is 1. The number of ether oxygens (including phenoxy) is 1. The van der Waals surface area contributed by atoms with Crippen LogP contribution in [0.2, 0.25) is 0 Å². The predicted molar refractivity (Wildman–Crippen MR) is 52.4 cm³/mol. The van der Waals surface area contributed by atoms with Gasteiger partial charge < -0.3 is 9.72 Å². The largest absolute Gasteiger partial charge is 0.465 e. The number of halogens is 3. The van der Waals surface area contributed by atoms with Gasteiger partial charge in [-0.3, -0.25) is 0 Å². The maximum Gasteiger partial charge on any atom is 0.419 e. The van der Waals surface area contributed by atoms with E-state index in [1.807, 2.05) is 0 Å². The van der Waals surface area contributed by atoms with Crippen LogP contribution in [-0.2, 0) is 10.9 Å². The Morgan fingerprint density at radius 1 is 1.41 bits per heavy atom. The Labute approximate surface area is 93.4 Å². The van der Waals surface area contributed by atoms with Crippen LogP contribution in [0.1, 0.15) is 15.9 Å². The fourth-order valence-corrected chi connectivity index (χ4v) is 1.58. The predicted octanol–water partition coefficient (Wildman–Crippen LogP) is 2.37. The number of fused-ring (bicyclic) bond motifs is 1. The summed E-state index contributed by atoms with van der Waals surface area (Å²) in [6, 6.07) is 2.42. The minimum atomic E-state index is -4.67. The molecule has 2 rings (SSSR count). The van der Waals surface area contributed by atoms with Crippen molar-refractivity contribution in [2.24, 2.45) is 0 Å². The molecule has 0 saturated carbocycles. The molecule has 0 fully saturated rings. The smallest absolute Gasteiger partial charge is 0.419 e. The Kier molecular flexibility index (Phi) is 2.53. The summed E-state index contributed by atoms with van der Waals surface area (Å²) in [5.41, 5.74) is -1.70. The average molecular weight is 244 g/mol. The molecule has 0 radical (unpaired) electrons. The third-order valence-electron chi connectivity index (χ3n) is 2.28. The number of alkyl halides is 3. The van der Waals surface area contributed by atoms with Gasteiger partial charge in [-0.1, -0.05) is 0 Å². The lowest BCUT2D eigenvalue weighted by Gasteiger charge is -2.11. The van der Waals surface area contributed by atoms with Gasteiger partial charge in [0, 0.05) is 0 Å². The molecule has 1 N–H and O–H groups in total. The number of carbonyl (C=O) groups is 1. The molecule has 0 unspecified atom stereocenters. The first-order chi connectivity index (χ1) is 7.95. The number of esters is 1. The molecule has 4 nitrogen and oxygen atoms in total. The molecule has 0 aliphatic heterocycles. The molecule has 0 spiro atoms. The second-order valence-corrected chi connectivity index (χ2v) is 3.28. The third kappa shape index (κ3) is 1.83. The Bertz CT molecular complexity index is 574. The molecule has 2 aromatic rings. The van der Waals surface area contributed by atoms with Crippen LogP contribution in [0, 0.1) is 0 Å². The van der Waals surface area contributed by atoms with Crippen molar-refractivity contribution in [1.82, 2.24) is 9.97 Å². The quantitative estimate of drug-likeness (QED) is 0.783. The van der Waals surface area contributed by atoms with Crippen molar-refractivity contribution in [3.63, 3.8) is 0 Å². The van der Waals surface area contributed by atoms with Crippen molar-refractivity contribution in [3.8, 4) is 0 Å². The maximum absolute atomic E-state index is 12.9. The van der Waals surface area contributed by atoms with Gasteiger partial charge >= 0.3 is 12.1 Å². The molecule has 0 aliphatic carbocycles. The van der Waals surface area contributed by atoms with Crippen molar-refractivity contribution in [1.29, 1.82) is 0 Å². The van der Waals surface area contributed by atoms with E-state index in [0.717, 1.165) is 19.5 Å². The molecule has 0 saturated heterocycles. The number of imidazole rings is 1. The van der Waals surface area contributed by atoms with Crippen LogP contribution in [-0.4, -0.2) is 23.0 Å². The third-order valence-corrected chi connectivity index (χ3v) is 2.28. The SMILES string of the molecule is COC(=O)c1ccc2[nH]cnc2c1C(F)(F)F. The van der Waals surface area contributed by atoms with Gasteiger partial charge in [-0.25, -0.2) is 9.78 Å². The second kappa shape index (κ2) is 3.76. The van der Waals surface area contributed by atoms with Crippen molar-refractivity contribution < 1.29 is 22.7 Å². The van der Waals surface area contributed by atoms with Crippen molar-refractivity contribution in [2.75, 3.05) is 7.11 Å². The van der Waals surface area contributed by atoms with Crippen molar-refractivity contribution >= 4 is 17.0 Å². The van der Waals surface area contributed by atoms with E-state index in [0.29, 0.717) is 0 Å². The maximum atomic E-state index is 12.9. The van der Waals surface area contributed by atoms with Crippen molar-refractivity contribution in [3.05, 3.63) is 29.6 Å². The van der Waals surface area contributed by atoms with E-state index in [2.05, 4.69) is 14.7 Å². The van der Waals surface area contributed by atoms with Gasteiger partial charge in [0.1, 0.15) is 5.52 Å². The van der Waals surface area contributed by atoms with Crippen LogP contribution in [0.25, 0.3) is 11.0 Å². The summed E-state index contributed by atoms with van der Waals surface area (Å²) in [6.45, 7) is 0. The van der Waals surface area contributed by atoms with Crippen LogP contribution in [0.5, 0.6) is 0 Å². The van der Waals surface area contributed by atoms with Gasteiger partial charge in [-0.05, 0) is 12.1 Å². The fraction of sp³-hybridized carbons (Fsp3) is 0.200. The second-order valence-electron chi connectivity index (χ2n) is 3.28. The van der Waals surface area contributed by atoms with Gasteiger partial charge in [0.25, 0.3) is 0 Å². The Hall–Kier alpha value is -2.05. The molecule has 90 valence electrons. The van der Waals surface area contributed by atoms with E-state index in [-0.39, 0.29) is 11.0 Å². The van der Waals surface area contributed by atoms with Gasteiger partial charge in [-0.15, -0.1) is 0 Å². The van der Waals surface area contributed by atoms with Crippen LogP contribution in [0.15, 0.2) is 18.5 Å². The molecular weight excluding hydrogens is 237 g/mol. The Morgan fingerprint density at radius 2 is 2.12 bits per heavy atom. The number of aromatic amines is 1. The first kappa shape index (κ1) is 11.4. The highest BCUT2D eigenvalue weighted by Gasteiger charge is 2.38. The van der Waals surface area contributed by atoms with Crippen LogP contribution >= 0.6 is 0 Å². The molecule has 0 bridgehead atoms. The Morgan fingerprint density at radius 3 is 2.71 bits per heavy atom. The fourth-order valence-electron chi connectivity index (χ4n) is 1.58. The lowest BCUT2D eigenvalue weighted by molar-refractivity contribution is -0.136. The highest BCUT2D eigenvalue weighted by Crippen LogP contribution is 2.36. The molecular formula is C10H7F3N2O2. The number of carbonyl (C=O) groups excluding carboxylic acids is 1. The minimum Gasteiger partial charge on any atom is -0.465 e. The van der Waals surface area contributed by atoms with E-state index < -0.39 is 23.3 Å². The van der Waals surface area contributed by atoms with Crippen molar-refractivity contribution in [2.45, 2.75) is 6.18 Å². The molecule has 0 atom stereocenters. The first-order valence-electron chi connectivity index (χ1n) is 4.56. The summed E-state index contributed by atoms with van der Waals surface area (Å²) in [5.74, 6) is -1.04. The number of aromatic nitrogens is 2. The van der Waals surface area contributed by atoms with Gasteiger partial charge in [0.2, 0.25) is 0 Å². The van der Waals surface area contributed by atoms with E-state index in [9.17, 15) is 18.0 Å². The minimum absolute atomic E-state index is 0.213. The summed E-state index contributed by atoms with van der Waals surface area (Å²) in [4.78, 5) is 17.4. The normalized spacial score (nSPS) is 11.8. The van der Waals surface area contributed by atoms with Gasteiger partial charge in [0.05, 0.1) is 30.1 Å². The van der Waals surface area contributed by atoms with Crippen LogP contribution in [0.4, 0.5) is 13.2 Å². The molecule has 0 amide bonds. The number of hydrogen-bond acceptors (Lipinski definition) is 3. The lowest BCUT2D eigenvalue weighted by Crippen LogP contribution is -2.14. The lowest BCUT2D eigenvalue weighted by atomic mass is 10.1. The molecule has 0 aliphatic rings. The number of rotatable bonds is 1. The average Bonchev–Trinajstić information content (AvgIpc) is 2.72. The van der Waals surface area contributed by atoms with Gasteiger partial charge in [-0.2, -0.15) is 13.2 Å². The zero-order valence-electron chi connectivity index (χ0n) is 8.63. The molecule has 17 heavy (non-hydrogen) atoms. The van der Waals surface area contributed by atoms with E-state index >= 15 is 0 Å². The number of hydrogen-bond donors (Lipinski definition) is 1. The standard InChI is InChI=1S/C10H7F3N2O2/c1-17-9(16)5-2-3-6-8(15-4-14-6)7(5)10(11,12)13/h2-4H,1H3,(H,14,15). The summed E-state index contributed by atoms with van der Waals surface area (Å²) in [7, 11) is 1.03. The Balaban J connectivity index is 2.80. The summed E-state index contributed by atoms with van der Waals surface area (Å²) in [5, 5.41) is 0. The number of nitrogens with zero attached hydrogens (tertiary/aromatic N) is 1. The molecule has 1 aromatic heterocycles. The number of nitrogens with one attached hydrogen (secondary N) is 1. The van der Waals surface area contributed by atoms with E-state index in [1.165, 1.54) is 6.07 Å². The highest BCUT2D eigenvalue weighted by atomic mass is 19.4. The molecule has 7 heteroatoms. The number of methoxy groups -OCH3 is 1. The van der Waals surface area contributed by atoms with Crippen LogP contribution in [0.3, 0.4) is 0 Å². The van der Waals surface area contributed by atoms with Crippen LogP contribution < -0.4 is 0 Å². The summed E-state index contributed by atoms with van der Waals surface area (Å²) >= 11 is 0. The summed E-state index contributed by atoms with van der Waals surface area (Å²) < 4.78 is 43.0. The van der Waals surface area contributed by atoms with E-state index in [1.54, 1.807) is 0 Å². The highest BCUT2D eigenvalue weighted by molar-refractivity contribution is 5.97. The number of H-pyrrole nitrogens is 1. The van der Waals surface area contributed by atoms with E-state index in [4.69, 9.17) is 0 Å². The molecule has 1 aromatic carbocycles.